The molecule has 0 aromatic heterocycles. The first kappa shape index (κ1) is 15.9. The maximum absolute atomic E-state index is 11.5. The molecule has 1 aliphatic rings. The molecular formula is C14H17NO4S2. The molecule has 1 heterocycles. The Labute approximate surface area is 125 Å². The Hall–Kier alpha value is -1.47. The molecule has 0 aliphatic carbocycles. The van der Waals surface area contributed by atoms with Crippen LogP contribution in [0, 0.1) is 0 Å². The number of hydrogen-bond donors (Lipinski definition) is 0. The summed E-state index contributed by atoms with van der Waals surface area (Å²) in [6.45, 7) is 0. The molecule has 7 heteroatoms. The van der Waals surface area contributed by atoms with Crippen LogP contribution in [0.2, 0.25) is 0 Å². The molecule has 0 radical (unpaired) electrons. The van der Waals surface area contributed by atoms with Crippen molar-refractivity contribution in [1.82, 2.24) is 0 Å². The van der Waals surface area contributed by atoms with E-state index >= 15 is 0 Å². The highest BCUT2D eigenvalue weighted by Gasteiger charge is 2.31. The Morgan fingerprint density at radius 2 is 1.67 bits per heavy atom. The van der Waals surface area contributed by atoms with Gasteiger partial charge >= 0.3 is 0 Å². The lowest BCUT2D eigenvalue weighted by Gasteiger charge is -2.24. The van der Waals surface area contributed by atoms with E-state index in [2.05, 4.69) is 4.99 Å². The molecule has 1 atom stereocenters. The lowest BCUT2D eigenvalue weighted by Crippen LogP contribution is -2.23. The zero-order valence-corrected chi connectivity index (χ0v) is 13.5. The lowest BCUT2D eigenvalue weighted by molar-refractivity contribution is 0.540. The van der Waals surface area contributed by atoms with E-state index in [0.29, 0.717) is 6.42 Å². The fourth-order valence-corrected chi connectivity index (χ4v) is 3.53. The summed E-state index contributed by atoms with van der Waals surface area (Å²) in [4.78, 5) is 4.61. The van der Waals surface area contributed by atoms with E-state index in [0.717, 1.165) is 11.8 Å². The Kier molecular flexibility index (Phi) is 4.08. The molecule has 0 spiro atoms. The highest BCUT2D eigenvalue weighted by molar-refractivity contribution is 7.91. The third-order valence-electron chi connectivity index (χ3n) is 3.40. The van der Waals surface area contributed by atoms with Crippen molar-refractivity contribution in [2.24, 2.45) is 4.99 Å². The number of aliphatic imine (C=N–C) groups is 1. The van der Waals surface area contributed by atoms with Gasteiger partial charge in [0.05, 0.1) is 10.6 Å². The second-order valence-electron chi connectivity index (χ2n) is 5.24. The van der Waals surface area contributed by atoms with E-state index in [9.17, 15) is 16.8 Å². The maximum Gasteiger partial charge on any atom is 0.175 e. The fourth-order valence-electron chi connectivity index (χ4n) is 2.22. The van der Waals surface area contributed by atoms with Crippen molar-refractivity contribution in [1.29, 1.82) is 0 Å². The van der Waals surface area contributed by atoms with Crippen molar-refractivity contribution in [3.63, 3.8) is 0 Å². The monoisotopic (exact) mass is 327 g/mol. The Morgan fingerprint density at radius 1 is 1.05 bits per heavy atom. The van der Waals surface area contributed by atoms with Crippen molar-refractivity contribution in [3.05, 3.63) is 42.0 Å². The van der Waals surface area contributed by atoms with Crippen LogP contribution in [0.3, 0.4) is 0 Å². The SMILES string of the molecule is CS(=O)(=O)CCC1(c2ccc(S(C)(=O)=O)cc2)C=CC=N1. The number of sulfone groups is 2. The van der Waals surface area contributed by atoms with E-state index in [4.69, 9.17) is 0 Å². The molecule has 5 nitrogen and oxygen atoms in total. The van der Waals surface area contributed by atoms with Crippen LogP contribution in [0.1, 0.15) is 12.0 Å². The van der Waals surface area contributed by atoms with Gasteiger partial charge < -0.3 is 0 Å². The lowest BCUT2D eigenvalue weighted by atomic mass is 9.88. The Balaban J connectivity index is 2.36. The molecule has 1 aromatic rings. The van der Waals surface area contributed by atoms with Gasteiger partial charge in [-0.25, -0.2) is 16.8 Å². The number of nitrogens with zero attached hydrogens (tertiary/aromatic N) is 1. The molecule has 0 N–H and O–H groups in total. The molecule has 0 amide bonds. The summed E-state index contributed by atoms with van der Waals surface area (Å²) in [7, 11) is -6.34. The summed E-state index contributed by atoms with van der Waals surface area (Å²) in [5.41, 5.74) is 0.0580. The van der Waals surface area contributed by atoms with Crippen LogP contribution in [0.25, 0.3) is 0 Å². The minimum atomic E-state index is -3.25. The fraction of sp³-hybridized carbons (Fsp3) is 0.357. The molecule has 2 rings (SSSR count). The van der Waals surface area contributed by atoms with Crippen LogP contribution in [-0.2, 0) is 25.2 Å². The average Bonchev–Trinajstić information content (AvgIpc) is 2.85. The minimum Gasteiger partial charge on any atom is -0.278 e. The number of benzene rings is 1. The second kappa shape index (κ2) is 5.38. The molecule has 0 bridgehead atoms. The van der Waals surface area contributed by atoms with Gasteiger partial charge in [-0.1, -0.05) is 18.2 Å². The summed E-state index contributed by atoms with van der Waals surface area (Å²) in [6.07, 6.45) is 7.91. The number of hydrogen-bond acceptors (Lipinski definition) is 5. The quantitative estimate of drug-likeness (QED) is 0.818. The molecule has 0 saturated heterocycles. The van der Waals surface area contributed by atoms with Crippen LogP contribution in [0.15, 0.2) is 46.3 Å². The maximum atomic E-state index is 11.5. The molecule has 1 unspecified atom stereocenters. The smallest absolute Gasteiger partial charge is 0.175 e. The van der Waals surface area contributed by atoms with Crippen molar-refractivity contribution in [3.8, 4) is 0 Å². The van der Waals surface area contributed by atoms with Crippen LogP contribution in [0.5, 0.6) is 0 Å². The number of rotatable bonds is 5. The van der Waals surface area contributed by atoms with E-state index in [1.54, 1.807) is 24.4 Å². The molecule has 1 aliphatic heterocycles. The topological polar surface area (TPSA) is 80.6 Å². The largest absolute Gasteiger partial charge is 0.278 e. The van der Waals surface area contributed by atoms with Gasteiger partial charge in [-0.3, -0.25) is 4.99 Å². The van der Waals surface area contributed by atoms with Crippen LogP contribution < -0.4 is 0 Å². The first-order valence-electron chi connectivity index (χ1n) is 6.34. The standard InChI is InChI=1S/C14H17NO4S2/c1-20(16,17)11-9-14(8-3-10-15-14)12-4-6-13(7-5-12)21(2,18)19/h3-8,10H,9,11H2,1-2H3. The summed E-state index contributed by atoms with van der Waals surface area (Å²) < 4.78 is 45.7. The first-order valence-corrected chi connectivity index (χ1v) is 10.3. The summed E-state index contributed by atoms with van der Waals surface area (Å²) in [6, 6.07) is 6.42. The normalized spacial score (nSPS) is 21.8. The zero-order chi connectivity index (χ0) is 15.7. The van der Waals surface area contributed by atoms with Crippen molar-refractivity contribution in [2.45, 2.75) is 16.9 Å². The Bertz CT molecular complexity index is 776. The van der Waals surface area contributed by atoms with Gasteiger partial charge in [0, 0.05) is 18.7 Å². The predicted molar refractivity (Wildman–Crippen MR) is 83.2 cm³/mol. The summed E-state index contributed by atoms with van der Waals surface area (Å²) >= 11 is 0. The molecule has 1 aromatic carbocycles. The third kappa shape index (κ3) is 3.79. The van der Waals surface area contributed by atoms with Crippen molar-refractivity contribution < 1.29 is 16.8 Å². The van der Waals surface area contributed by atoms with Gasteiger partial charge in [0.1, 0.15) is 15.4 Å². The van der Waals surface area contributed by atoms with E-state index in [-0.39, 0.29) is 10.6 Å². The van der Waals surface area contributed by atoms with Crippen LogP contribution in [0.4, 0.5) is 0 Å². The van der Waals surface area contributed by atoms with Gasteiger partial charge in [-0.15, -0.1) is 0 Å². The van der Waals surface area contributed by atoms with Gasteiger partial charge in [0.2, 0.25) is 0 Å². The number of allylic oxidation sites excluding steroid dienone is 1. The molecule has 114 valence electrons. The van der Waals surface area contributed by atoms with Crippen LogP contribution >= 0.6 is 0 Å². The summed E-state index contributed by atoms with van der Waals surface area (Å²) in [5.74, 6) is 0.0164. The van der Waals surface area contributed by atoms with Gasteiger partial charge in [-0.05, 0) is 30.2 Å². The van der Waals surface area contributed by atoms with Crippen molar-refractivity contribution >= 4 is 25.9 Å². The van der Waals surface area contributed by atoms with Gasteiger partial charge in [0.15, 0.2) is 9.84 Å². The highest BCUT2D eigenvalue weighted by atomic mass is 32.2. The van der Waals surface area contributed by atoms with Gasteiger partial charge in [0.25, 0.3) is 0 Å². The van der Waals surface area contributed by atoms with E-state index in [1.165, 1.54) is 18.4 Å². The first-order chi connectivity index (χ1) is 9.62. The van der Waals surface area contributed by atoms with Crippen LogP contribution in [-0.4, -0.2) is 41.3 Å². The van der Waals surface area contributed by atoms with Gasteiger partial charge in [-0.2, -0.15) is 0 Å². The highest BCUT2D eigenvalue weighted by Crippen LogP contribution is 2.34. The third-order valence-corrected chi connectivity index (χ3v) is 5.47. The van der Waals surface area contributed by atoms with Crippen molar-refractivity contribution in [2.75, 3.05) is 18.3 Å². The zero-order valence-electron chi connectivity index (χ0n) is 11.9. The minimum absolute atomic E-state index is 0.0164. The average molecular weight is 327 g/mol. The molecule has 0 fully saturated rings. The molecular weight excluding hydrogens is 310 g/mol. The second-order valence-corrected chi connectivity index (χ2v) is 9.51. The van der Waals surface area contributed by atoms with E-state index in [1.807, 2.05) is 6.08 Å². The Morgan fingerprint density at radius 3 is 2.10 bits per heavy atom. The van der Waals surface area contributed by atoms with E-state index < -0.39 is 25.2 Å². The molecule has 0 saturated carbocycles. The molecule has 21 heavy (non-hydrogen) atoms. The summed E-state index contributed by atoms with van der Waals surface area (Å²) in [5, 5.41) is 0. The predicted octanol–water partition coefficient (Wildman–Crippen LogP) is 1.36.